The second kappa shape index (κ2) is 6.40. The van der Waals surface area contributed by atoms with Crippen molar-refractivity contribution in [2.75, 3.05) is 12.8 Å². The number of hydrogen-bond donors (Lipinski definition) is 0. The zero-order valence-corrected chi connectivity index (χ0v) is 10.6. The van der Waals surface area contributed by atoms with E-state index in [1.165, 1.54) is 44.7 Å². The normalized spacial score (nSPS) is 17.9. The van der Waals surface area contributed by atoms with Gasteiger partial charge in [-0.2, -0.15) is 0 Å². The largest absolute Gasteiger partial charge is 0.0877 e. The van der Waals surface area contributed by atoms with Crippen LogP contribution in [0.25, 0.3) is 0 Å². The summed E-state index contributed by atoms with van der Waals surface area (Å²) in [6, 6.07) is 0. The highest BCUT2D eigenvalue weighted by atomic mass is 31.2. The van der Waals surface area contributed by atoms with E-state index in [-0.39, 0.29) is 0 Å². The summed E-state index contributed by atoms with van der Waals surface area (Å²) in [6.07, 6.45) is 14.4. The topological polar surface area (TPSA) is 0 Å². The summed E-state index contributed by atoms with van der Waals surface area (Å²) in [5.74, 6) is 4.89. The molecule has 1 heteroatoms. The van der Waals surface area contributed by atoms with Crippen LogP contribution < -0.4 is 0 Å². The first kappa shape index (κ1) is 12.0. The van der Waals surface area contributed by atoms with Crippen molar-refractivity contribution in [3.05, 3.63) is 23.8 Å². The minimum absolute atomic E-state index is 0.737. The quantitative estimate of drug-likeness (QED) is 0.409. The summed E-state index contributed by atoms with van der Waals surface area (Å²) >= 11 is 0. The van der Waals surface area contributed by atoms with Crippen molar-refractivity contribution in [3.63, 3.8) is 0 Å². The van der Waals surface area contributed by atoms with Gasteiger partial charge in [0.15, 0.2) is 0 Å². The summed E-state index contributed by atoms with van der Waals surface area (Å²) in [4.78, 5) is 0. The molecule has 0 saturated heterocycles. The van der Waals surface area contributed by atoms with Gasteiger partial charge in [0.1, 0.15) is 0 Å². The summed E-state index contributed by atoms with van der Waals surface area (Å²) in [7, 11) is -0.737. The van der Waals surface area contributed by atoms with Crippen molar-refractivity contribution in [2.24, 2.45) is 0 Å². The molecule has 0 aromatic heterocycles. The van der Waals surface area contributed by atoms with E-state index in [2.05, 4.69) is 37.4 Å². The average Bonchev–Trinajstić information content (AvgIpc) is 2.59. The summed E-state index contributed by atoms with van der Waals surface area (Å²) < 4.78 is 0. The third-order valence-electron chi connectivity index (χ3n) is 2.96. The van der Waals surface area contributed by atoms with Crippen LogP contribution in [0, 0.1) is 0 Å². The predicted molar refractivity (Wildman–Crippen MR) is 69.4 cm³/mol. The Morgan fingerprint density at radius 3 is 2.07 bits per heavy atom. The lowest BCUT2D eigenvalue weighted by Crippen LogP contribution is -1.90. The second-order valence-corrected chi connectivity index (χ2v) is 8.26. The maximum atomic E-state index is 2.44. The molecule has 1 radical (unpaired) electrons. The lowest BCUT2D eigenvalue weighted by atomic mass is 10.1. The zero-order chi connectivity index (χ0) is 10.3. The first-order chi connectivity index (χ1) is 6.77. The van der Waals surface area contributed by atoms with Gasteiger partial charge in [0, 0.05) is 0 Å². The molecule has 1 heterocycles. The van der Waals surface area contributed by atoms with Crippen LogP contribution in [0.15, 0.2) is 23.8 Å². The lowest BCUT2D eigenvalue weighted by Gasteiger charge is -2.21. The molecule has 0 aliphatic carbocycles. The summed E-state index contributed by atoms with van der Waals surface area (Å²) in [5, 5.41) is 0. The van der Waals surface area contributed by atoms with Crippen molar-refractivity contribution >= 4 is 7.26 Å². The molecule has 0 fully saturated rings. The van der Waals surface area contributed by atoms with E-state index in [1.54, 1.807) is 0 Å². The highest BCUT2D eigenvalue weighted by Gasteiger charge is 2.15. The molecule has 1 rings (SSSR count). The van der Waals surface area contributed by atoms with Gasteiger partial charge in [-0.15, -0.1) is 0 Å². The molecule has 0 saturated carbocycles. The van der Waals surface area contributed by atoms with Crippen molar-refractivity contribution in [3.8, 4) is 0 Å². The summed E-state index contributed by atoms with van der Waals surface area (Å²) in [6.45, 7) is 4.72. The standard InChI is InChI=1S/C13H24P/c1-3-4-5-6-7-8-11-14(2)12-9-10-13-14/h9-10,12-13H,3-8,11H2,1-2H3. The Hall–Kier alpha value is -0.0900. The van der Waals surface area contributed by atoms with Gasteiger partial charge in [0.05, 0.1) is 0 Å². The third kappa shape index (κ3) is 4.42. The second-order valence-electron chi connectivity index (χ2n) is 4.52. The van der Waals surface area contributed by atoms with Gasteiger partial charge in [0.2, 0.25) is 0 Å². The Balaban J connectivity index is 1.99. The number of unbranched alkanes of at least 4 members (excludes halogenated alkanes) is 5. The zero-order valence-electron chi connectivity index (χ0n) is 9.71. The van der Waals surface area contributed by atoms with Crippen LogP contribution in [0.1, 0.15) is 45.4 Å². The number of hydrogen-bond acceptors (Lipinski definition) is 0. The predicted octanol–water partition coefficient (Wildman–Crippen LogP) is 5.04. The van der Waals surface area contributed by atoms with E-state index >= 15 is 0 Å². The van der Waals surface area contributed by atoms with Gasteiger partial charge >= 0.3 is 0 Å². The minimum Gasteiger partial charge on any atom is -0.0877 e. The van der Waals surface area contributed by atoms with E-state index in [9.17, 15) is 0 Å². The van der Waals surface area contributed by atoms with Crippen LogP contribution in [-0.2, 0) is 0 Å². The Morgan fingerprint density at radius 2 is 1.43 bits per heavy atom. The lowest BCUT2D eigenvalue weighted by molar-refractivity contribution is 0.626. The van der Waals surface area contributed by atoms with Crippen molar-refractivity contribution < 1.29 is 0 Å². The van der Waals surface area contributed by atoms with E-state index in [0.717, 1.165) is 0 Å². The highest BCUT2D eigenvalue weighted by Crippen LogP contribution is 2.61. The van der Waals surface area contributed by atoms with E-state index in [0.29, 0.717) is 0 Å². The van der Waals surface area contributed by atoms with Gasteiger partial charge in [0.25, 0.3) is 0 Å². The van der Waals surface area contributed by atoms with Gasteiger partial charge in [-0.25, -0.2) is 0 Å². The summed E-state index contributed by atoms with van der Waals surface area (Å²) in [5.41, 5.74) is 0. The molecule has 0 atom stereocenters. The highest BCUT2D eigenvalue weighted by molar-refractivity contribution is 7.81. The molecular weight excluding hydrogens is 187 g/mol. The molecule has 81 valence electrons. The van der Waals surface area contributed by atoms with Crippen LogP contribution in [0.3, 0.4) is 0 Å². The molecule has 14 heavy (non-hydrogen) atoms. The Morgan fingerprint density at radius 1 is 0.857 bits per heavy atom. The maximum Gasteiger partial charge on any atom is -0.0297 e. The fraction of sp³-hybridized carbons (Fsp3) is 0.692. The molecule has 0 aromatic carbocycles. The fourth-order valence-corrected chi connectivity index (χ4v) is 4.21. The molecule has 0 N–H and O–H groups in total. The van der Waals surface area contributed by atoms with Gasteiger partial charge in [-0.1, -0.05) is 70.1 Å². The number of rotatable bonds is 7. The molecular formula is C13H24P. The van der Waals surface area contributed by atoms with Crippen LogP contribution in [-0.4, -0.2) is 12.8 Å². The Labute approximate surface area is 89.8 Å². The fourth-order valence-electron chi connectivity index (χ4n) is 1.92. The third-order valence-corrected chi connectivity index (χ3v) is 5.94. The van der Waals surface area contributed by atoms with Gasteiger partial charge < -0.3 is 0 Å². The molecule has 0 nitrogen and oxygen atoms in total. The van der Waals surface area contributed by atoms with E-state index in [1.807, 2.05) is 0 Å². The smallest absolute Gasteiger partial charge is 0.0297 e. The van der Waals surface area contributed by atoms with Crippen LogP contribution in [0.2, 0.25) is 0 Å². The van der Waals surface area contributed by atoms with E-state index in [4.69, 9.17) is 0 Å². The number of allylic oxidation sites excluding steroid dienone is 2. The van der Waals surface area contributed by atoms with Crippen molar-refractivity contribution in [1.82, 2.24) is 0 Å². The van der Waals surface area contributed by atoms with Crippen LogP contribution in [0.4, 0.5) is 0 Å². The van der Waals surface area contributed by atoms with Crippen molar-refractivity contribution in [2.45, 2.75) is 45.4 Å². The van der Waals surface area contributed by atoms with Crippen molar-refractivity contribution in [1.29, 1.82) is 0 Å². The molecule has 0 spiro atoms. The Bertz CT molecular complexity index is 191. The molecule has 0 bridgehead atoms. The molecule has 1 aliphatic rings. The monoisotopic (exact) mass is 211 g/mol. The molecule has 0 unspecified atom stereocenters. The Kier molecular flexibility index (Phi) is 5.48. The van der Waals surface area contributed by atoms with Crippen LogP contribution >= 0.6 is 7.26 Å². The van der Waals surface area contributed by atoms with Crippen LogP contribution in [0.5, 0.6) is 0 Å². The SMILES string of the molecule is CCCCCCCC[P]1(C)C=CC=C1. The maximum absolute atomic E-state index is 2.44. The molecule has 1 aliphatic heterocycles. The molecule has 0 amide bonds. The minimum atomic E-state index is -0.737. The van der Waals surface area contributed by atoms with Gasteiger partial charge in [-0.05, 0) is 19.2 Å². The van der Waals surface area contributed by atoms with E-state index < -0.39 is 7.26 Å². The molecule has 0 aromatic rings. The average molecular weight is 211 g/mol. The first-order valence-corrected chi connectivity index (χ1v) is 8.55. The first-order valence-electron chi connectivity index (χ1n) is 5.99. The van der Waals surface area contributed by atoms with Gasteiger partial charge in [-0.3, -0.25) is 0 Å².